The van der Waals surface area contributed by atoms with Gasteiger partial charge < -0.3 is 16.2 Å². The van der Waals surface area contributed by atoms with Gasteiger partial charge in [-0.25, -0.2) is 9.97 Å². The van der Waals surface area contributed by atoms with Gasteiger partial charge in [0, 0.05) is 19.8 Å². The maximum Gasteiger partial charge on any atom is 0.223 e. The molecule has 4 N–H and O–H groups in total. The van der Waals surface area contributed by atoms with Gasteiger partial charge in [-0.3, -0.25) is 4.68 Å². The first-order valence-corrected chi connectivity index (χ1v) is 7.15. The van der Waals surface area contributed by atoms with Gasteiger partial charge in [0.2, 0.25) is 5.95 Å². The second-order valence-corrected chi connectivity index (χ2v) is 5.62. The van der Waals surface area contributed by atoms with Gasteiger partial charge in [-0.1, -0.05) is 12.8 Å². The highest BCUT2D eigenvalue weighted by Crippen LogP contribution is 2.29. The molecule has 1 fully saturated rings. The zero-order valence-electron chi connectivity index (χ0n) is 12.1. The van der Waals surface area contributed by atoms with Gasteiger partial charge in [0.05, 0.1) is 23.1 Å². The van der Waals surface area contributed by atoms with E-state index >= 15 is 0 Å². The van der Waals surface area contributed by atoms with Gasteiger partial charge >= 0.3 is 0 Å². The Balaban J connectivity index is 1.76. The Labute approximate surface area is 123 Å². The fraction of sp³-hybridized carbons (Fsp3) is 0.500. The molecule has 2 aromatic heterocycles. The van der Waals surface area contributed by atoms with Gasteiger partial charge in [-0.05, 0) is 18.9 Å². The minimum Gasteiger partial charge on any atom is -0.388 e. The first-order chi connectivity index (χ1) is 10.1. The third-order valence-electron chi connectivity index (χ3n) is 4.03. The molecule has 1 aliphatic carbocycles. The Morgan fingerprint density at radius 3 is 2.86 bits per heavy atom. The molecule has 0 aromatic carbocycles. The summed E-state index contributed by atoms with van der Waals surface area (Å²) in [6.45, 7) is 0.471. The van der Waals surface area contributed by atoms with E-state index < -0.39 is 5.60 Å². The Morgan fingerprint density at radius 2 is 2.19 bits per heavy atom. The third-order valence-corrected chi connectivity index (χ3v) is 4.03. The molecular formula is C14H20N6O. The number of aryl methyl sites for hydroxylation is 1. The van der Waals surface area contributed by atoms with Crippen molar-refractivity contribution in [3.8, 4) is 11.3 Å². The van der Waals surface area contributed by atoms with Gasteiger partial charge in [-0.2, -0.15) is 5.10 Å². The molecule has 112 valence electrons. The summed E-state index contributed by atoms with van der Waals surface area (Å²) in [5, 5.41) is 17.6. The molecule has 2 aromatic rings. The number of aliphatic hydroxyl groups is 1. The summed E-state index contributed by atoms with van der Waals surface area (Å²) in [7, 11) is 1.79. The molecule has 0 atom stereocenters. The van der Waals surface area contributed by atoms with Crippen molar-refractivity contribution in [3.05, 3.63) is 18.5 Å². The highest BCUT2D eigenvalue weighted by atomic mass is 16.3. The van der Waals surface area contributed by atoms with Crippen molar-refractivity contribution in [3.63, 3.8) is 0 Å². The third kappa shape index (κ3) is 2.82. The maximum absolute atomic E-state index is 10.3. The quantitative estimate of drug-likeness (QED) is 0.780. The van der Waals surface area contributed by atoms with E-state index in [-0.39, 0.29) is 0 Å². The van der Waals surface area contributed by atoms with Gasteiger partial charge in [0.15, 0.2) is 0 Å². The molecule has 0 unspecified atom stereocenters. The summed E-state index contributed by atoms with van der Waals surface area (Å²) in [5.41, 5.74) is 6.83. The van der Waals surface area contributed by atoms with Crippen molar-refractivity contribution in [2.45, 2.75) is 31.3 Å². The maximum atomic E-state index is 10.3. The second-order valence-electron chi connectivity index (χ2n) is 5.62. The Hall–Kier alpha value is -2.15. The number of rotatable bonds is 4. The molecule has 1 saturated carbocycles. The van der Waals surface area contributed by atoms with Crippen LogP contribution in [-0.2, 0) is 7.05 Å². The predicted molar refractivity (Wildman–Crippen MR) is 80.6 cm³/mol. The number of nitrogen functional groups attached to an aromatic ring is 1. The average Bonchev–Trinajstić information content (AvgIpc) is 3.06. The van der Waals surface area contributed by atoms with Crippen molar-refractivity contribution in [1.82, 2.24) is 19.7 Å². The summed E-state index contributed by atoms with van der Waals surface area (Å²) >= 11 is 0. The van der Waals surface area contributed by atoms with E-state index in [9.17, 15) is 5.11 Å². The first-order valence-electron chi connectivity index (χ1n) is 7.15. The van der Waals surface area contributed by atoms with Crippen molar-refractivity contribution < 1.29 is 5.11 Å². The molecule has 7 heteroatoms. The van der Waals surface area contributed by atoms with Crippen LogP contribution in [0.5, 0.6) is 0 Å². The predicted octanol–water partition coefficient (Wildman–Crippen LogP) is 1.18. The zero-order chi connectivity index (χ0) is 14.9. The molecular weight excluding hydrogens is 268 g/mol. The second kappa shape index (κ2) is 5.33. The van der Waals surface area contributed by atoms with Crippen LogP contribution in [0.3, 0.4) is 0 Å². The fourth-order valence-corrected chi connectivity index (χ4v) is 2.69. The van der Waals surface area contributed by atoms with E-state index in [1.165, 1.54) is 0 Å². The number of nitrogens with two attached hydrogens (primary N) is 1. The van der Waals surface area contributed by atoms with Crippen molar-refractivity contribution in [2.75, 3.05) is 17.6 Å². The van der Waals surface area contributed by atoms with Crippen LogP contribution in [0.15, 0.2) is 18.5 Å². The number of hydrogen-bond acceptors (Lipinski definition) is 6. The molecule has 0 bridgehead atoms. The van der Waals surface area contributed by atoms with Crippen LogP contribution in [0, 0.1) is 0 Å². The van der Waals surface area contributed by atoms with E-state index in [0.29, 0.717) is 18.3 Å². The number of aromatic nitrogens is 4. The van der Waals surface area contributed by atoms with Crippen LogP contribution in [0.2, 0.25) is 0 Å². The fourth-order valence-electron chi connectivity index (χ4n) is 2.69. The number of hydrogen-bond donors (Lipinski definition) is 3. The van der Waals surface area contributed by atoms with E-state index in [4.69, 9.17) is 5.73 Å². The molecule has 2 heterocycles. The van der Waals surface area contributed by atoms with Crippen molar-refractivity contribution in [1.29, 1.82) is 0 Å². The average molecular weight is 288 g/mol. The summed E-state index contributed by atoms with van der Waals surface area (Å²) in [4.78, 5) is 8.63. The minimum absolute atomic E-state index is 0.471. The van der Waals surface area contributed by atoms with Crippen LogP contribution in [-0.4, -0.2) is 37.0 Å². The summed E-state index contributed by atoms with van der Waals surface area (Å²) < 4.78 is 1.60. The molecule has 7 nitrogen and oxygen atoms in total. The van der Waals surface area contributed by atoms with Gasteiger partial charge in [0.25, 0.3) is 0 Å². The normalized spacial score (nSPS) is 17.0. The molecule has 0 saturated heterocycles. The molecule has 3 rings (SSSR count). The van der Waals surface area contributed by atoms with Crippen LogP contribution >= 0.6 is 0 Å². The van der Waals surface area contributed by atoms with Crippen molar-refractivity contribution >= 4 is 11.8 Å². The lowest BCUT2D eigenvalue weighted by Gasteiger charge is -2.22. The van der Waals surface area contributed by atoms with Gasteiger partial charge in [-0.15, -0.1) is 0 Å². The molecule has 21 heavy (non-hydrogen) atoms. The van der Waals surface area contributed by atoms with Crippen molar-refractivity contribution in [2.24, 2.45) is 7.05 Å². The first kappa shape index (κ1) is 13.8. The van der Waals surface area contributed by atoms with Gasteiger partial charge in [0.1, 0.15) is 5.82 Å². The summed E-state index contributed by atoms with van der Waals surface area (Å²) in [6, 6.07) is 1.79. The van der Waals surface area contributed by atoms with Crippen LogP contribution < -0.4 is 11.1 Å². The Bertz CT molecular complexity index is 632. The smallest absolute Gasteiger partial charge is 0.223 e. The van der Waals surface area contributed by atoms with Crippen LogP contribution in [0.25, 0.3) is 11.3 Å². The summed E-state index contributed by atoms with van der Waals surface area (Å²) in [6.07, 6.45) is 7.17. The Kier molecular flexibility index (Phi) is 3.50. The number of nitrogens with one attached hydrogen (secondary N) is 1. The van der Waals surface area contributed by atoms with Crippen LogP contribution in [0.4, 0.5) is 11.8 Å². The highest BCUT2D eigenvalue weighted by Gasteiger charge is 2.30. The van der Waals surface area contributed by atoms with Crippen LogP contribution in [0.1, 0.15) is 25.7 Å². The molecule has 0 radical (unpaired) electrons. The number of anilines is 2. The summed E-state index contributed by atoms with van der Waals surface area (Å²) in [5.74, 6) is 1.06. The zero-order valence-corrected chi connectivity index (χ0v) is 12.1. The lowest BCUT2D eigenvalue weighted by molar-refractivity contribution is 0.0613. The molecule has 0 aliphatic heterocycles. The molecule has 1 aliphatic rings. The molecule has 0 spiro atoms. The number of nitrogens with zero attached hydrogens (tertiary/aromatic N) is 4. The lowest BCUT2D eigenvalue weighted by Crippen LogP contribution is -2.33. The SMILES string of the molecule is Cn1ncc(-c2ccnc(NCC3(O)CCCC3)n2)c1N. The van der Waals surface area contributed by atoms with E-state index in [1.807, 2.05) is 0 Å². The molecule has 0 amide bonds. The standard InChI is InChI=1S/C14H20N6O/c1-20-12(15)10(8-18-20)11-4-7-16-13(19-11)17-9-14(21)5-2-3-6-14/h4,7-8,21H,2-3,5-6,9,15H2,1H3,(H,16,17,19). The van der Waals surface area contributed by atoms with E-state index in [0.717, 1.165) is 36.9 Å². The lowest BCUT2D eigenvalue weighted by atomic mass is 10.0. The monoisotopic (exact) mass is 288 g/mol. The van der Waals surface area contributed by atoms with E-state index in [1.54, 1.807) is 30.2 Å². The van der Waals surface area contributed by atoms with E-state index in [2.05, 4.69) is 20.4 Å². The topological polar surface area (TPSA) is 102 Å². The Morgan fingerprint density at radius 1 is 1.43 bits per heavy atom. The minimum atomic E-state index is -0.632. The highest BCUT2D eigenvalue weighted by molar-refractivity contribution is 5.70. The largest absolute Gasteiger partial charge is 0.388 e.